The van der Waals surface area contributed by atoms with E-state index >= 15 is 0 Å². The first-order chi connectivity index (χ1) is 13.5. The lowest BCUT2D eigenvalue weighted by molar-refractivity contribution is 0.244. The summed E-state index contributed by atoms with van der Waals surface area (Å²) in [6, 6.07) is 17.6. The first-order valence-electron chi connectivity index (χ1n) is 9.36. The van der Waals surface area contributed by atoms with E-state index in [0.29, 0.717) is 5.95 Å². The minimum absolute atomic E-state index is 0.0961. The predicted octanol–water partition coefficient (Wildman–Crippen LogP) is 5.62. The van der Waals surface area contributed by atoms with Crippen molar-refractivity contribution in [3.05, 3.63) is 70.9 Å². The number of benzene rings is 2. The van der Waals surface area contributed by atoms with E-state index in [1.54, 1.807) is 0 Å². The third-order valence-electron chi connectivity index (χ3n) is 3.95. The van der Waals surface area contributed by atoms with Crippen LogP contribution in [0, 0.1) is 6.92 Å². The molecule has 0 bridgehead atoms. The van der Waals surface area contributed by atoms with Crippen molar-refractivity contribution in [3.63, 3.8) is 0 Å². The van der Waals surface area contributed by atoms with Crippen LogP contribution < -0.4 is 15.4 Å². The average Bonchev–Trinajstić information content (AvgIpc) is 2.63. The number of nitrogens with one attached hydrogen (secondary N) is 2. The lowest BCUT2D eigenvalue weighted by atomic mass is 10.1. The molecule has 0 atom stereocenters. The number of anilines is 3. The van der Waals surface area contributed by atoms with Crippen molar-refractivity contribution < 1.29 is 4.74 Å². The first-order valence-corrected chi connectivity index (χ1v) is 9.74. The Labute approximate surface area is 171 Å². The van der Waals surface area contributed by atoms with Crippen molar-refractivity contribution in [3.8, 4) is 5.75 Å². The molecular weight excluding hydrogens is 372 g/mol. The molecule has 2 N–H and O–H groups in total. The average molecular weight is 397 g/mol. The number of halogens is 1. The highest BCUT2D eigenvalue weighted by atomic mass is 35.5. The topological polar surface area (TPSA) is 59.1 Å². The Hall–Kier alpha value is -2.79. The van der Waals surface area contributed by atoms with Crippen molar-refractivity contribution in [1.82, 2.24) is 9.97 Å². The number of aryl methyl sites for hydroxylation is 1. The molecule has 28 heavy (non-hydrogen) atoms. The van der Waals surface area contributed by atoms with Crippen LogP contribution in [0.25, 0.3) is 0 Å². The Kier molecular flexibility index (Phi) is 6.71. The molecule has 0 spiro atoms. The summed E-state index contributed by atoms with van der Waals surface area (Å²) in [6.07, 6.45) is 0.935. The van der Waals surface area contributed by atoms with Crippen LogP contribution >= 0.6 is 11.6 Å². The molecule has 0 aliphatic rings. The molecule has 6 heteroatoms. The Morgan fingerprint density at radius 2 is 1.86 bits per heavy atom. The van der Waals surface area contributed by atoms with E-state index in [1.165, 1.54) is 5.56 Å². The Morgan fingerprint density at radius 3 is 2.64 bits per heavy atom. The standard InChI is InChI=1S/C22H25ClN4O/c1-15(2)28-20-10-5-4-9-19(20)26-21-13-16(3)25-22(27-21)24-12-11-17-7-6-8-18(23)14-17/h4-10,13-15H,11-12H2,1-3H3,(H2,24,25,26,27). The monoisotopic (exact) mass is 396 g/mol. The van der Waals surface area contributed by atoms with E-state index in [-0.39, 0.29) is 6.10 Å². The van der Waals surface area contributed by atoms with Gasteiger partial charge in [-0.25, -0.2) is 4.98 Å². The molecule has 1 aromatic heterocycles. The van der Waals surface area contributed by atoms with E-state index in [4.69, 9.17) is 16.3 Å². The van der Waals surface area contributed by atoms with Crippen LogP contribution in [-0.2, 0) is 6.42 Å². The van der Waals surface area contributed by atoms with Crippen LogP contribution in [0.2, 0.25) is 5.02 Å². The number of para-hydroxylation sites is 2. The largest absolute Gasteiger partial charge is 0.489 e. The molecule has 0 fully saturated rings. The summed E-state index contributed by atoms with van der Waals surface area (Å²) in [6.45, 7) is 6.68. The maximum Gasteiger partial charge on any atom is 0.224 e. The fraction of sp³-hybridized carbons (Fsp3) is 0.273. The Balaban J connectivity index is 1.68. The van der Waals surface area contributed by atoms with Gasteiger partial charge in [-0.1, -0.05) is 35.9 Å². The van der Waals surface area contributed by atoms with Crippen molar-refractivity contribution in [1.29, 1.82) is 0 Å². The van der Waals surface area contributed by atoms with Crippen LogP contribution in [0.3, 0.4) is 0 Å². The summed E-state index contributed by atoms with van der Waals surface area (Å²) >= 11 is 6.04. The Morgan fingerprint density at radius 1 is 1.04 bits per heavy atom. The Bertz CT molecular complexity index is 930. The molecule has 0 unspecified atom stereocenters. The molecule has 0 aliphatic heterocycles. The second kappa shape index (κ2) is 9.42. The van der Waals surface area contributed by atoms with Crippen molar-refractivity contribution >= 4 is 29.1 Å². The van der Waals surface area contributed by atoms with E-state index in [9.17, 15) is 0 Å². The van der Waals surface area contributed by atoms with Gasteiger partial charge in [0.15, 0.2) is 0 Å². The molecule has 5 nitrogen and oxygen atoms in total. The highest BCUT2D eigenvalue weighted by Gasteiger charge is 2.08. The zero-order valence-electron chi connectivity index (χ0n) is 16.4. The van der Waals surface area contributed by atoms with Crippen LogP contribution in [0.1, 0.15) is 25.1 Å². The molecule has 3 aromatic rings. The quantitative estimate of drug-likeness (QED) is 0.517. The normalized spacial score (nSPS) is 10.8. The van der Waals surface area contributed by atoms with Gasteiger partial charge in [0, 0.05) is 23.3 Å². The van der Waals surface area contributed by atoms with Crippen LogP contribution in [-0.4, -0.2) is 22.6 Å². The summed E-state index contributed by atoms with van der Waals surface area (Å²) in [7, 11) is 0. The lowest BCUT2D eigenvalue weighted by Gasteiger charge is -2.15. The number of ether oxygens (including phenoxy) is 1. The van der Waals surface area contributed by atoms with Crippen molar-refractivity contribution in [2.24, 2.45) is 0 Å². The summed E-state index contributed by atoms with van der Waals surface area (Å²) in [5, 5.41) is 7.38. The van der Waals surface area contributed by atoms with Crippen LogP contribution in [0.4, 0.5) is 17.5 Å². The van der Waals surface area contributed by atoms with Gasteiger partial charge >= 0.3 is 0 Å². The lowest BCUT2D eigenvalue weighted by Crippen LogP contribution is -2.10. The molecule has 146 valence electrons. The fourth-order valence-electron chi connectivity index (χ4n) is 2.79. The summed E-state index contributed by atoms with van der Waals surface area (Å²) in [5.41, 5.74) is 2.93. The fourth-order valence-corrected chi connectivity index (χ4v) is 3.00. The van der Waals surface area contributed by atoms with E-state index in [2.05, 4.69) is 26.7 Å². The highest BCUT2D eigenvalue weighted by molar-refractivity contribution is 6.30. The number of nitrogens with zero attached hydrogens (tertiary/aromatic N) is 2. The maximum absolute atomic E-state index is 6.04. The SMILES string of the molecule is Cc1cc(Nc2ccccc2OC(C)C)nc(NCCc2cccc(Cl)c2)n1. The zero-order chi connectivity index (χ0) is 19.9. The van der Waals surface area contributed by atoms with Crippen molar-refractivity contribution in [2.45, 2.75) is 33.3 Å². The third-order valence-corrected chi connectivity index (χ3v) is 4.19. The molecule has 0 amide bonds. The van der Waals surface area contributed by atoms with Crippen LogP contribution in [0.5, 0.6) is 5.75 Å². The summed E-state index contributed by atoms with van der Waals surface area (Å²) in [4.78, 5) is 9.06. The number of hydrogen-bond acceptors (Lipinski definition) is 5. The van der Waals surface area contributed by atoms with Gasteiger partial charge < -0.3 is 15.4 Å². The van der Waals surface area contributed by atoms with Crippen LogP contribution in [0.15, 0.2) is 54.6 Å². The van der Waals surface area contributed by atoms with Crippen molar-refractivity contribution in [2.75, 3.05) is 17.2 Å². The molecule has 2 aromatic carbocycles. The smallest absolute Gasteiger partial charge is 0.224 e. The predicted molar refractivity (Wildman–Crippen MR) is 116 cm³/mol. The molecule has 0 aliphatic carbocycles. The number of rotatable bonds is 8. The molecule has 0 saturated carbocycles. The van der Waals surface area contributed by atoms with E-state index < -0.39 is 0 Å². The van der Waals surface area contributed by atoms with Gasteiger partial charge in [-0.05, 0) is 57.0 Å². The minimum atomic E-state index is 0.0961. The van der Waals surface area contributed by atoms with Gasteiger partial charge in [-0.15, -0.1) is 0 Å². The zero-order valence-corrected chi connectivity index (χ0v) is 17.1. The van der Waals surface area contributed by atoms with Gasteiger partial charge in [-0.3, -0.25) is 0 Å². The molecule has 3 rings (SSSR count). The van der Waals surface area contributed by atoms with Gasteiger partial charge in [0.1, 0.15) is 11.6 Å². The minimum Gasteiger partial charge on any atom is -0.489 e. The molecule has 1 heterocycles. The number of aromatic nitrogens is 2. The van der Waals surface area contributed by atoms with E-state index in [0.717, 1.165) is 40.9 Å². The number of hydrogen-bond donors (Lipinski definition) is 2. The van der Waals surface area contributed by atoms with Gasteiger partial charge in [0.25, 0.3) is 0 Å². The second-order valence-corrected chi connectivity index (χ2v) is 7.25. The summed E-state index contributed by atoms with van der Waals surface area (Å²) in [5.74, 6) is 2.11. The molecular formula is C22H25ClN4O. The van der Waals surface area contributed by atoms with Gasteiger partial charge in [0.2, 0.25) is 5.95 Å². The van der Waals surface area contributed by atoms with Gasteiger partial charge in [-0.2, -0.15) is 4.98 Å². The van der Waals surface area contributed by atoms with Gasteiger partial charge in [0.05, 0.1) is 11.8 Å². The maximum atomic E-state index is 6.04. The first kappa shape index (κ1) is 20.0. The molecule has 0 saturated heterocycles. The summed E-state index contributed by atoms with van der Waals surface area (Å²) < 4.78 is 5.87. The highest BCUT2D eigenvalue weighted by Crippen LogP contribution is 2.28. The third kappa shape index (κ3) is 5.86. The molecule has 0 radical (unpaired) electrons. The second-order valence-electron chi connectivity index (χ2n) is 6.81. The van der Waals surface area contributed by atoms with E-state index in [1.807, 2.05) is 69.3 Å².